The summed E-state index contributed by atoms with van der Waals surface area (Å²) in [4.78, 5) is 33.3. The Morgan fingerprint density at radius 3 is 1.32 bits per heavy atom. The van der Waals surface area contributed by atoms with Gasteiger partial charge in [-0.25, -0.2) is 0 Å². The van der Waals surface area contributed by atoms with Crippen LogP contribution in [-0.2, 0) is 0 Å². The molecule has 4 heteroatoms. The third-order valence-corrected chi connectivity index (χ3v) is 7.18. The number of ketones is 2. The Morgan fingerprint density at radius 1 is 0.526 bits per heavy atom. The van der Waals surface area contributed by atoms with E-state index < -0.39 is 0 Å². The van der Waals surface area contributed by atoms with E-state index in [4.69, 9.17) is 0 Å². The Morgan fingerprint density at radius 2 is 0.921 bits per heavy atom. The zero-order valence-corrected chi connectivity index (χ0v) is 22.5. The quantitative estimate of drug-likeness (QED) is 0.227. The largest absolute Gasteiger partial charge is 0.355 e. The van der Waals surface area contributed by atoms with Crippen molar-refractivity contribution in [3.63, 3.8) is 0 Å². The van der Waals surface area contributed by atoms with Gasteiger partial charge >= 0.3 is 0 Å². The maximum atomic E-state index is 13.2. The Hall–Kier alpha value is -4.44. The highest BCUT2D eigenvalue weighted by molar-refractivity contribution is 6.08. The van der Waals surface area contributed by atoms with E-state index in [-0.39, 0.29) is 17.5 Å². The molecule has 5 aromatic rings. The van der Waals surface area contributed by atoms with Crippen LogP contribution in [0.15, 0.2) is 84.9 Å². The highest BCUT2D eigenvalue weighted by Crippen LogP contribution is 2.36. The fourth-order valence-electron chi connectivity index (χ4n) is 5.27. The molecule has 2 aromatic heterocycles. The zero-order valence-electron chi connectivity index (χ0n) is 22.5. The third-order valence-electron chi connectivity index (χ3n) is 7.18. The number of carbonyl (C=O) groups excluding carboxylic acids is 2. The molecule has 0 aliphatic carbocycles. The zero-order chi connectivity index (χ0) is 27.0. The van der Waals surface area contributed by atoms with E-state index in [2.05, 4.69) is 42.9 Å². The maximum Gasteiger partial charge on any atom is 0.209 e. The topological polar surface area (TPSA) is 65.7 Å². The van der Waals surface area contributed by atoms with Crippen molar-refractivity contribution in [2.45, 2.75) is 40.5 Å². The van der Waals surface area contributed by atoms with Crippen LogP contribution in [-0.4, -0.2) is 21.5 Å². The van der Waals surface area contributed by atoms with Crippen molar-refractivity contribution in [3.8, 4) is 0 Å². The average Bonchev–Trinajstić information content (AvgIpc) is 3.57. The van der Waals surface area contributed by atoms with E-state index in [0.717, 1.165) is 39.2 Å². The van der Waals surface area contributed by atoms with E-state index in [1.165, 1.54) is 5.56 Å². The van der Waals surface area contributed by atoms with Gasteiger partial charge in [-0.05, 0) is 75.6 Å². The molecule has 190 valence electrons. The van der Waals surface area contributed by atoms with Crippen LogP contribution in [0.3, 0.4) is 0 Å². The highest BCUT2D eigenvalue weighted by atomic mass is 16.1. The minimum absolute atomic E-state index is 0.0472. The van der Waals surface area contributed by atoms with Gasteiger partial charge in [0.15, 0.2) is 0 Å². The van der Waals surface area contributed by atoms with Gasteiger partial charge in [0.1, 0.15) is 0 Å². The summed E-state index contributed by atoms with van der Waals surface area (Å²) < 4.78 is 0. The summed E-state index contributed by atoms with van der Waals surface area (Å²) >= 11 is 0. The van der Waals surface area contributed by atoms with Gasteiger partial charge in [0.25, 0.3) is 0 Å². The number of H-pyrrole nitrogens is 2. The van der Waals surface area contributed by atoms with Crippen LogP contribution < -0.4 is 0 Å². The molecule has 0 radical (unpaired) electrons. The molecular formula is C34H32N2O2. The summed E-state index contributed by atoms with van der Waals surface area (Å²) in [5, 5.41) is 0. The van der Waals surface area contributed by atoms with Crippen LogP contribution in [0.2, 0.25) is 0 Å². The van der Waals surface area contributed by atoms with Crippen molar-refractivity contribution < 1.29 is 9.59 Å². The second-order valence-electron chi connectivity index (χ2n) is 10.3. The fraction of sp³-hybridized carbons (Fsp3) is 0.176. The van der Waals surface area contributed by atoms with Crippen LogP contribution in [0.1, 0.15) is 82.8 Å². The number of benzene rings is 3. The van der Waals surface area contributed by atoms with Gasteiger partial charge < -0.3 is 9.97 Å². The van der Waals surface area contributed by atoms with Crippen molar-refractivity contribution in [1.82, 2.24) is 9.97 Å². The molecule has 0 fully saturated rings. The highest BCUT2D eigenvalue weighted by Gasteiger charge is 2.26. The van der Waals surface area contributed by atoms with E-state index in [9.17, 15) is 9.59 Å². The molecule has 0 aliphatic rings. The average molecular weight is 501 g/mol. The number of hydrogen-bond acceptors (Lipinski definition) is 2. The fourth-order valence-corrected chi connectivity index (χ4v) is 5.27. The molecule has 0 amide bonds. The van der Waals surface area contributed by atoms with E-state index in [1.807, 2.05) is 86.6 Å². The van der Waals surface area contributed by atoms with Gasteiger partial charge in [-0.1, -0.05) is 77.4 Å². The molecule has 0 bridgehead atoms. The second kappa shape index (κ2) is 10.1. The molecular weight excluding hydrogens is 468 g/mol. The molecule has 3 aromatic carbocycles. The monoisotopic (exact) mass is 500 g/mol. The number of aromatic amines is 2. The lowest BCUT2D eigenvalue weighted by Gasteiger charge is -2.21. The Labute approximate surface area is 223 Å². The number of aromatic nitrogens is 2. The third kappa shape index (κ3) is 4.90. The summed E-state index contributed by atoms with van der Waals surface area (Å²) in [5.74, 6) is -0.294. The molecule has 2 N–H and O–H groups in total. The lowest BCUT2D eigenvalue weighted by molar-refractivity contribution is 0.102. The molecule has 38 heavy (non-hydrogen) atoms. The summed E-state index contributed by atoms with van der Waals surface area (Å²) in [7, 11) is 0. The van der Waals surface area contributed by atoms with Gasteiger partial charge in [0.2, 0.25) is 11.6 Å². The van der Waals surface area contributed by atoms with Gasteiger partial charge in [-0.3, -0.25) is 9.59 Å². The normalized spacial score (nSPS) is 11.2. The molecule has 0 atom stereocenters. The predicted octanol–water partition coefficient (Wildman–Crippen LogP) is 7.53. The Bertz CT molecular complexity index is 1510. The van der Waals surface area contributed by atoms with Crippen molar-refractivity contribution in [2.24, 2.45) is 0 Å². The summed E-state index contributed by atoms with van der Waals surface area (Å²) in [6.07, 6.45) is 0. The predicted molar refractivity (Wildman–Crippen MR) is 152 cm³/mol. The SMILES string of the molecule is Cc1ccc(C(=O)c2ccc(C(c3ccc(C(=O)c4ccc(C)cc4)[nH]3)c3c(C)cc(C)cc3C)[nH]2)cc1. The lowest BCUT2D eigenvalue weighted by Crippen LogP contribution is -2.11. The van der Waals surface area contributed by atoms with E-state index in [1.54, 1.807) is 0 Å². The molecule has 0 unspecified atom stereocenters. The van der Waals surface area contributed by atoms with E-state index in [0.29, 0.717) is 22.5 Å². The first-order chi connectivity index (χ1) is 18.2. The lowest BCUT2D eigenvalue weighted by atomic mass is 9.85. The first-order valence-electron chi connectivity index (χ1n) is 12.9. The van der Waals surface area contributed by atoms with Gasteiger partial charge in [0.05, 0.1) is 17.3 Å². The molecule has 0 saturated heterocycles. The van der Waals surface area contributed by atoms with Crippen LogP contribution in [0.4, 0.5) is 0 Å². The van der Waals surface area contributed by atoms with Crippen molar-refractivity contribution in [1.29, 1.82) is 0 Å². The standard InChI is InChI=1S/C34H32N2O2/c1-20-6-10-25(11-7-20)33(37)29-16-14-27(35-29)32(31-23(4)18-22(3)19-24(31)5)28-15-17-30(36-28)34(38)26-12-8-21(2)9-13-26/h6-19,32,35-36H,1-5H3. The molecule has 0 spiro atoms. The second-order valence-corrected chi connectivity index (χ2v) is 10.3. The number of aryl methyl sites for hydroxylation is 5. The van der Waals surface area contributed by atoms with Crippen LogP contribution in [0, 0.1) is 34.6 Å². The minimum atomic E-state index is -0.199. The van der Waals surface area contributed by atoms with Crippen LogP contribution in [0.25, 0.3) is 0 Å². The Kier molecular flexibility index (Phi) is 6.73. The Balaban J connectivity index is 1.57. The van der Waals surface area contributed by atoms with Crippen molar-refractivity contribution >= 4 is 11.6 Å². The summed E-state index contributed by atoms with van der Waals surface area (Å²) in [6.45, 7) is 10.3. The van der Waals surface area contributed by atoms with Crippen LogP contribution >= 0.6 is 0 Å². The van der Waals surface area contributed by atoms with Gasteiger partial charge in [0, 0.05) is 22.5 Å². The van der Waals surface area contributed by atoms with Crippen LogP contribution in [0.5, 0.6) is 0 Å². The maximum absolute atomic E-state index is 13.2. The smallest absolute Gasteiger partial charge is 0.209 e. The first kappa shape index (κ1) is 25.2. The molecule has 5 rings (SSSR count). The van der Waals surface area contributed by atoms with E-state index >= 15 is 0 Å². The summed E-state index contributed by atoms with van der Waals surface area (Å²) in [5.41, 5.74) is 11.1. The first-order valence-corrected chi connectivity index (χ1v) is 12.9. The van der Waals surface area contributed by atoms with Gasteiger partial charge in [-0.2, -0.15) is 0 Å². The number of rotatable bonds is 7. The number of hydrogen-bond donors (Lipinski definition) is 2. The molecule has 2 heterocycles. The van der Waals surface area contributed by atoms with Gasteiger partial charge in [-0.15, -0.1) is 0 Å². The number of nitrogens with one attached hydrogen (secondary N) is 2. The molecule has 4 nitrogen and oxygen atoms in total. The number of carbonyl (C=O) groups is 2. The summed E-state index contributed by atoms with van der Waals surface area (Å²) in [6, 6.07) is 27.3. The van der Waals surface area contributed by atoms with Crippen molar-refractivity contribution in [3.05, 3.63) is 152 Å². The molecule has 0 aliphatic heterocycles. The minimum Gasteiger partial charge on any atom is -0.355 e. The van der Waals surface area contributed by atoms with Crippen molar-refractivity contribution in [2.75, 3.05) is 0 Å². The molecule has 0 saturated carbocycles.